The molecule has 1 aliphatic carbocycles. The lowest BCUT2D eigenvalue weighted by molar-refractivity contribution is -0.307. The number of benzene rings is 1. The molecule has 0 aromatic heterocycles. The molecule has 3 saturated heterocycles. The first-order valence-corrected chi connectivity index (χ1v) is 17.2. The minimum atomic E-state index is -1.72. The van der Waals surface area contributed by atoms with Crippen LogP contribution in [0.4, 0.5) is 10.5 Å². The number of nitrogens with two attached hydrogens (primary N) is 5. The maximum atomic E-state index is 13.0. The van der Waals surface area contributed by atoms with Crippen molar-refractivity contribution < 1.29 is 73.7 Å². The van der Waals surface area contributed by atoms with Gasteiger partial charge in [0.25, 0.3) is 0 Å². The topological polar surface area (TPSA) is 377 Å². The highest BCUT2D eigenvalue weighted by Gasteiger charge is 2.55. The highest BCUT2D eigenvalue weighted by molar-refractivity contribution is 5.89. The van der Waals surface area contributed by atoms with Gasteiger partial charge in [-0.05, 0) is 30.7 Å². The molecular formula is C31H53N7O15. The van der Waals surface area contributed by atoms with Gasteiger partial charge in [-0.25, -0.2) is 4.79 Å². The van der Waals surface area contributed by atoms with Crippen LogP contribution in [0.25, 0.3) is 0 Å². The Labute approximate surface area is 304 Å². The Kier molecular flexibility index (Phi) is 14.2. The average Bonchev–Trinajstić information content (AvgIpc) is 3.44. The van der Waals surface area contributed by atoms with Crippen molar-refractivity contribution in [2.24, 2.45) is 28.7 Å². The van der Waals surface area contributed by atoms with Crippen molar-refractivity contribution in [1.29, 1.82) is 0 Å². The average molecular weight is 764 g/mol. The van der Waals surface area contributed by atoms with Crippen LogP contribution in [-0.4, -0.2) is 185 Å². The molecule has 0 spiro atoms. The highest BCUT2D eigenvalue weighted by atomic mass is 16.8. The number of hydrogen-bond acceptors (Lipinski definition) is 20. The van der Waals surface area contributed by atoms with Gasteiger partial charge in [-0.15, -0.1) is 0 Å². The summed E-state index contributed by atoms with van der Waals surface area (Å²) in [6.07, 6.45) is -21.4. The Morgan fingerprint density at radius 3 is 1.89 bits per heavy atom. The number of anilines is 1. The van der Waals surface area contributed by atoms with E-state index in [1.807, 2.05) is 0 Å². The van der Waals surface area contributed by atoms with Gasteiger partial charge in [0.15, 0.2) is 18.9 Å². The molecule has 22 nitrogen and oxygen atoms in total. The smallest absolute Gasteiger partial charge is 0.319 e. The summed E-state index contributed by atoms with van der Waals surface area (Å²) in [6.45, 7) is -1.18. The molecule has 1 aromatic carbocycles. The van der Waals surface area contributed by atoms with Crippen LogP contribution in [0.1, 0.15) is 6.42 Å². The lowest BCUT2D eigenvalue weighted by Gasteiger charge is -2.47. The van der Waals surface area contributed by atoms with E-state index in [0.717, 1.165) is 0 Å². The van der Waals surface area contributed by atoms with Crippen LogP contribution in [0.15, 0.2) is 24.3 Å². The van der Waals surface area contributed by atoms with E-state index in [9.17, 15) is 40.5 Å². The Hall–Kier alpha value is -2.43. The van der Waals surface area contributed by atoms with Gasteiger partial charge in [-0.1, -0.05) is 0 Å². The van der Waals surface area contributed by atoms with E-state index < -0.39 is 129 Å². The summed E-state index contributed by atoms with van der Waals surface area (Å²) in [4.78, 5) is 13.0. The van der Waals surface area contributed by atoms with Crippen LogP contribution >= 0.6 is 0 Å². The zero-order valence-corrected chi connectivity index (χ0v) is 28.9. The second-order valence-corrected chi connectivity index (χ2v) is 13.5. The number of ether oxygens (including phenoxy) is 7. The second kappa shape index (κ2) is 18.0. The van der Waals surface area contributed by atoms with Crippen molar-refractivity contribution in [2.45, 2.75) is 123 Å². The molecule has 1 aromatic rings. The van der Waals surface area contributed by atoms with Gasteiger partial charge in [0.2, 0.25) is 0 Å². The molecule has 3 aliphatic heterocycles. The largest absolute Gasteiger partial charge is 0.497 e. The van der Waals surface area contributed by atoms with Gasteiger partial charge >= 0.3 is 6.03 Å². The van der Waals surface area contributed by atoms with Crippen LogP contribution in [0.3, 0.4) is 0 Å². The number of aliphatic hydroxyl groups is 7. The maximum absolute atomic E-state index is 13.0. The molecule has 0 bridgehead atoms. The fourth-order valence-electron chi connectivity index (χ4n) is 6.86. The van der Waals surface area contributed by atoms with Gasteiger partial charge in [0, 0.05) is 30.9 Å². The fraction of sp³-hybridized carbons (Fsp3) is 0.774. The first-order valence-electron chi connectivity index (χ1n) is 17.2. The van der Waals surface area contributed by atoms with Crippen molar-refractivity contribution in [1.82, 2.24) is 5.32 Å². The first-order chi connectivity index (χ1) is 25.2. The van der Waals surface area contributed by atoms with E-state index >= 15 is 0 Å². The number of urea groups is 1. The van der Waals surface area contributed by atoms with Crippen LogP contribution < -0.4 is 44.0 Å². The number of amides is 2. The van der Waals surface area contributed by atoms with E-state index in [-0.39, 0.29) is 19.5 Å². The number of aliphatic hydroxyl groups excluding tert-OH is 7. The number of rotatable bonds is 12. The molecule has 9 unspecified atom stereocenters. The lowest BCUT2D eigenvalue weighted by Crippen LogP contribution is -2.68. The number of carbonyl (C=O) groups excluding carboxylic acids is 1. The molecule has 19 N–H and O–H groups in total. The quantitative estimate of drug-likeness (QED) is 0.0940. The molecule has 2 amide bonds. The summed E-state index contributed by atoms with van der Waals surface area (Å²) < 4.78 is 40.6. The summed E-state index contributed by atoms with van der Waals surface area (Å²) in [7, 11) is 1.48. The van der Waals surface area contributed by atoms with Gasteiger partial charge in [-0.3, -0.25) is 0 Å². The zero-order chi connectivity index (χ0) is 38.7. The van der Waals surface area contributed by atoms with Gasteiger partial charge < -0.3 is 108 Å². The monoisotopic (exact) mass is 763 g/mol. The molecule has 302 valence electrons. The second-order valence-electron chi connectivity index (χ2n) is 13.5. The number of methoxy groups -OCH3 is 1. The van der Waals surface area contributed by atoms with E-state index in [4.69, 9.17) is 61.8 Å². The third-order valence-corrected chi connectivity index (χ3v) is 9.97. The third kappa shape index (κ3) is 9.01. The maximum Gasteiger partial charge on any atom is 0.319 e. The summed E-state index contributed by atoms with van der Waals surface area (Å²) >= 11 is 0. The predicted octanol–water partition coefficient (Wildman–Crippen LogP) is -7.02. The zero-order valence-electron chi connectivity index (χ0n) is 28.9. The van der Waals surface area contributed by atoms with Gasteiger partial charge in [-0.2, -0.15) is 0 Å². The van der Waals surface area contributed by atoms with E-state index in [1.54, 1.807) is 24.3 Å². The summed E-state index contributed by atoms with van der Waals surface area (Å²) in [5, 5.41) is 80.4. The Morgan fingerprint density at radius 2 is 1.28 bits per heavy atom. The Morgan fingerprint density at radius 1 is 0.717 bits per heavy atom. The number of carbonyl (C=O) groups is 1. The third-order valence-electron chi connectivity index (χ3n) is 9.97. The lowest BCUT2D eigenvalue weighted by atomic mass is 9.84. The van der Waals surface area contributed by atoms with Gasteiger partial charge in [0.05, 0.1) is 25.9 Å². The minimum absolute atomic E-state index is 0.0498. The van der Waals surface area contributed by atoms with E-state index in [2.05, 4.69) is 10.6 Å². The van der Waals surface area contributed by atoms with Crippen LogP contribution in [0.5, 0.6) is 5.75 Å². The summed E-state index contributed by atoms with van der Waals surface area (Å²) in [6, 6.07) is 1.00. The number of nitrogens with one attached hydrogen (secondary N) is 2. The number of hydrogen-bond donors (Lipinski definition) is 14. The molecule has 19 atom stereocenters. The molecule has 3 heterocycles. The fourth-order valence-corrected chi connectivity index (χ4v) is 6.86. The van der Waals surface area contributed by atoms with Crippen molar-refractivity contribution in [2.75, 3.05) is 32.1 Å². The molecular weight excluding hydrogens is 710 g/mol. The van der Waals surface area contributed by atoms with Crippen molar-refractivity contribution >= 4 is 11.7 Å². The molecule has 5 rings (SSSR count). The molecule has 0 radical (unpaired) electrons. The normalized spacial score (nSPS) is 44.7. The van der Waals surface area contributed by atoms with Crippen LogP contribution in [-0.2, 0) is 28.4 Å². The molecule has 4 fully saturated rings. The SMILES string of the molecule is COc1ccc(NC(=O)NC2C(O)[C@H](O)C(CN)O[C@@H]2O[C@@H]2[C@H](O)[C@H](OC3C(O)[C@H](N)CC(N)[C@H]3O[C@H]3OC(CN)[C@@H](O)C(O)C3N)O[C@@H]2CO)cc1. The molecule has 1 saturated carbocycles. The Balaban J connectivity index is 1.32. The van der Waals surface area contributed by atoms with Crippen LogP contribution in [0.2, 0.25) is 0 Å². The van der Waals surface area contributed by atoms with E-state index in [0.29, 0.717) is 11.4 Å². The predicted molar refractivity (Wildman–Crippen MR) is 179 cm³/mol. The Bertz CT molecular complexity index is 1320. The van der Waals surface area contributed by atoms with Crippen molar-refractivity contribution in [3.63, 3.8) is 0 Å². The van der Waals surface area contributed by atoms with Crippen molar-refractivity contribution in [3.05, 3.63) is 24.3 Å². The molecule has 53 heavy (non-hydrogen) atoms. The van der Waals surface area contributed by atoms with E-state index in [1.165, 1.54) is 7.11 Å². The molecule has 22 heteroatoms. The minimum Gasteiger partial charge on any atom is -0.497 e. The standard InChI is InChI=1S/C31H53N7O15/c1-47-11-4-2-10(3-5-11)37-31(46)38-18-23(44)21(42)15(8-33)49-29(18)52-26-16(9-39)50-30(24(26)45)53-27-19(40)12(34)6-13(35)25(27)51-28-17(36)22(43)20(41)14(7-32)48-28/h2-5,12-30,39-45H,6-9,32-36H2,1H3,(H2,37,38,46)/t12-,13?,14?,15?,16-,17?,18?,19?,20-,21-,22?,23?,24+,25-,26+,27?,28-,29-,30+/m1/s1. The first kappa shape index (κ1) is 41.7. The highest BCUT2D eigenvalue weighted by Crippen LogP contribution is 2.34. The van der Waals surface area contributed by atoms with Crippen LogP contribution in [0, 0.1) is 0 Å². The van der Waals surface area contributed by atoms with Crippen molar-refractivity contribution in [3.8, 4) is 5.75 Å². The summed E-state index contributed by atoms with van der Waals surface area (Å²) in [5.74, 6) is 0.546. The molecule has 4 aliphatic rings. The van der Waals surface area contributed by atoms with Gasteiger partial charge in [0.1, 0.15) is 78.9 Å². The summed E-state index contributed by atoms with van der Waals surface area (Å²) in [5.41, 5.74) is 30.4.